The van der Waals surface area contributed by atoms with Crippen molar-refractivity contribution in [1.29, 1.82) is 0 Å². The summed E-state index contributed by atoms with van der Waals surface area (Å²) < 4.78 is 2.27. The minimum absolute atomic E-state index is 0.224. The van der Waals surface area contributed by atoms with E-state index in [1.807, 2.05) is 0 Å². The van der Waals surface area contributed by atoms with Gasteiger partial charge in [0.05, 0.1) is 5.69 Å². The van der Waals surface area contributed by atoms with Crippen LogP contribution in [0.5, 0.6) is 0 Å². The van der Waals surface area contributed by atoms with Crippen LogP contribution in [0.3, 0.4) is 0 Å². The Bertz CT molecular complexity index is 686. The Kier molecular flexibility index (Phi) is 3.62. The van der Waals surface area contributed by atoms with Gasteiger partial charge in [-0.15, -0.1) is 0 Å². The Hall–Kier alpha value is -1.61. The molecule has 0 unspecified atom stereocenters. The summed E-state index contributed by atoms with van der Waals surface area (Å²) in [5.74, 6) is 0. The van der Waals surface area contributed by atoms with Crippen molar-refractivity contribution in [2.24, 2.45) is 11.1 Å². The molecule has 0 aliphatic heterocycles. The third-order valence-electron chi connectivity index (χ3n) is 4.04. The standard InChI is InChI=1S/C18H25N3/c1-18(2,3)12-21-11-14(10-19)15-8-9-16(20-17(15)21)13-6-4-5-7-13/h6,8-9,11H,4-5,7,10,12,19H2,1-3H3. The molecule has 3 heteroatoms. The second kappa shape index (κ2) is 5.30. The summed E-state index contributed by atoms with van der Waals surface area (Å²) in [5.41, 5.74) is 10.9. The number of pyridine rings is 1. The van der Waals surface area contributed by atoms with Crippen LogP contribution in [-0.4, -0.2) is 9.55 Å². The van der Waals surface area contributed by atoms with Crippen molar-refractivity contribution < 1.29 is 0 Å². The zero-order valence-corrected chi connectivity index (χ0v) is 13.3. The number of fused-ring (bicyclic) bond motifs is 1. The molecule has 1 aliphatic rings. The molecule has 0 bridgehead atoms. The zero-order chi connectivity index (χ0) is 15.0. The third-order valence-corrected chi connectivity index (χ3v) is 4.04. The van der Waals surface area contributed by atoms with E-state index in [9.17, 15) is 0 Å². The molecule has 0 fully saturated rings. The van der Waals surface area contributed by atoms with E-state index in [1.165, 1.54) is 29.4 Å². The lowest BCUT2D eigenvalue weighted by atomic mass is 9.97. The molecule has 0 radical (unpaired) electrons. The van der Waals surface area contributed by atoms with Crippen molar-refractivity contribution in [1.82, 2.24) is 9.55 Å². The van der Waals surface area contributed by atoms with Crippen LogP contribution in [0.15, 0.2) is 24.4 Å². The van der Waals surface area contributed by atoms with Gasteiger partial charge in [0.15, 0.2) is 0 Å². The highest BCUT2D eigenvalue weighted by Gasteiger charge is 2.17. The summed E-state index contributed by atoms with van der Waals surface area (Å²) in [6.07, 6.45) is 8.10. The Morgan fingerprint density at radius 1 is 1.29 bits per heavy atom. The van der Waals surface area contributed by atoms with E-state index in [0.717, 1.165) is 24.3 Å². The van der Waals surface area contributed by atoms with Gasteiger partial charge in [0, 0.05) is 24.7 Å². The van der Waals surface area contributed by atoms with Crippen molar-refractivity contribution in [2.45, 2.75) is 53.1 Å². The first-order chi connectivity index (χ1) is 9.98. The van der Waals surface area contributed by atoms with Crippen LogP contribution in [0.2, 0.25) is 0 Å². The van der Waals surface area contributed by atoms with E-state index in [4.69, 9.17) is 10.7 Å². The molecule has 0 amide bonds. The van der Waals surface area contributed by atoms with Gasteiger partial charge in [-0.2, -0.15) is 0 Å². The number of allylic oxidation sites excluding steroid dienone is 2. The van der Waals surface area contributed by atoms with Crippen molar-refractivity contribution in [3.8, 4) is 0 Å². The molecule has 112 valence electrons. The Morgan fingerprint density at radius 2 is 2.10 bits per heavy atom. The summed E-state index contributed by atoms with van der Waals surface area (Å²) in [4.78, 5) is 4.95. The number of hydrogen-bond acceptors (Lipinski definition) is 2. The molecule has 1 aliphatic carbocycles. The molecule has 0 atom stereocenters. The number of aromatic nitrogens is 2. The predicted octanol–water partition coefficient (Wildman–Crippen LogP) is 4.11. The number of nitrogens with zero attached hydrogens (tertiary/aromatic N) is 2. The molecule has 2 aromatic heterocycles. The van der Waals surface area contributed by atoms with Crippen LogP contribution in [0.4, 0.5) is 0 Å². The zero-order valence-electron chi connectivity index (χ0n) is 13.3. The largest absolute Gasteiger partial charge is 0.332 e. The maximum absolute atomic E-state index is 5.90. The Balaban J connectivity index is 2.10. The smallest absolute Gasteiger partial charge is 0.140 e. The van der Waals surface area contributed by atoms with E-state index in [1.54, 1.807) is 0 Å². The fourth-order valence-corrected chi connectivity index (χ4v) is 3.11. The topological polar surface area (TPSA) is 43.8 Å². The highest BCUT2D eigenvalue weighted by atomic mass is 15.0. The van der Waals surface area contributed by atoms with E-state index >= 15 is 0 Å². The van der Waals surface area contributed by atoms with Gasteiger partial charge < -0.3 is 10.3 Å². The van der Waals surface area contributed by atoms with Crippen LogP contribution in [-0.2, 0) is 13.1 Å². The van der Waals surface area contributed by atoms with Gasteiger partial charge in [-0.1, -0.05) is 26.8 Å². The van der Waals surface area contributed by atoms with Crippen molar-refractivity contribution in [3.05, 3.63) is 35.7 Å². The summed E-state index contributed by atoms with van der Waals surface area (Å²) in [5, 5.41) is 1.20. The third kappa shape index (κ3) is 2.88. The molecular weight excluding hydrogens is 258 g/mol. The Labute approximate surface area is 126 Å². The van der Waals surface area contributed by atoms with E-state index in [0.29, 0.717) is 6.54 Å². The molecule has 0 saturated carbocycles. The molecule has 0 spiro atoms. The summed E-state index contributed by atoms with van der Waals surface area (Å²) in [7, 11) is 0. The van der Waals surface area contributed by atoms with Crippen molar-refractivity contribution >= 4 is 16.6 Å². The van der Waals surface area contributed by atoms with Gasteiger partial charge in [-0.05, 0) is 47.9 Å². The summed E-state index contributed by atoms with van der Waals surface area (Å²) in [6, 6.07) is 4.35. The highest BCUT2D eigenvalue weighted by molar-refractivity contribution is 5.83. The molecule has 2 heterocycles. The predicted molar refractivity (Wildman–Crippen MR) is 88.9 cm³/mol. The molecule has 21 heavy (non-hydrogen) atoms. The molecule has 2 aromatic rings. The van der Waals surface area contributed by atoms with Gasteiger partial charge in [-0.3, -0.25) is 0 Å². The lowest BCUT2D eigenvalue weighted by Gasteiger charge is -2.19. The lowest BCUT2D eigenvalue weighted by molar-refractivity contribution is 0.348. The molecule has 0 saturated heterocycles. The average molecular weight is 283 g/mol. The molecule has 3 nitrogen and oxygen atoms in total. The Morgan fingerprint density at radius 3 is 2.71 bits per heavy atom. The van der Waals surface area contributed by atoms with Crippen LogP contribution < -0.4 is 5.73 Å². The highest BCUT2D eigenvalue weighted by Crippen LogP contribution is 2.30. The maximum atomic E-state index is 5.90. The van der Waals surface area contributed by atoms with Gasteiger partial charge in [0.25, 0.3) is 0 Å². The minimum Gasteiger partial charge on any atom is -0.332 e. The fourth-order valence-electron chi connectivity index (χ4n) is 3.11. The van der Waals surface area contributed by atoms with Gasteiger partial charge in [0.2, 0.25) is 0 Å². The van der Waals surface area contributed by atoms with Crippen LogP contribution in [0.25, 0.3) is 16.6 Å². The summed E-state index contributed by atoms with van der Waals surface area (Å²) >= 11 is 0. The summed E-state index contributed by atoms with van der Waals surface area (Å²) in [6.45, 7) is 8.29. The second-order valence-electron chi connectivity index (χ2n) is 7.24. The number of hydrogen-bond donors (Lipinski definition) is 1. The quantitative estimate of drug-likeness (QED) is 0.921. The van der Waals surface area contributed by atoms with Gasteiger partial charge >= 0.3 is 0 Å². The van der Waals surface area contributed by atoms with Crippen LogP contribution in [0.1, 0.15) is 51.3 Å². The van der Waals surface area contributed by atoms with Crippen molar-refractivity contribution in [3.63, 3.8) is 0 Å². The minimum atomic E-state index is 0.224. The molecule has 0 aromatic carbocycles. The second-order valence-corrected chi connectivity index (χ2v) is 7.24. The maximum Gasteiger partial charge on any atom is 0.140 e. The van der Waals surface area contributed by atoms with E-state index in [-0.39, 0.29) is 5.41 Å². The van der Waals surface area contributed by atoms with Crippen LogP contribution in [0, 0.1) is 5.41 Å². The first kappa shape index (κ1) is 14.3. The average Bonchev–Trinajstić information content (AvgIpc) is 3.05. The number of rotatable bonds is 3. The fraction of sp³-hybridized carbons (Fsp3) is 0.500. The van der Waals surface area contributed by atoms with E-state index < -0.39 is 0 Å². The first-order valence-corrected chi connectivity index (χ1v) is 7.86. The van der Waals surface area contributed by atoms with Crippen LogP contribution >= 0.6 is 0 Å². The first-order valence-electron chi connectivity index (χ1n) is 7.86. The van der Waals surface area contributed by atoms with Gasteiger partial charge in [0.1, 0.15) is 5.65 Å². The van der Waals surface area contributed by atoms with Gasteiger partial charge in [-0.25, -0.2) is 4.98 Å². The monoisotopic (exact) mass is 283 g/mol. The SMILES string of the molecule is CC(C)(C)Cn1cc(CN)c2ccc(C3=CCCC3)nc21. The van der Waals surface area contributed by atoms with Crippen molar-refractivity contribution in [2.75, 3.05) is 0 Å². The van der Waals surface area contributed by atoms with E-state index in [2.05, 4.69) is 49.7 Å². The normalized spacial score (nSPS) is 15.7. The molecule has 2 N–H and O–H groups in total. The number of nitrogens with two attached hydrogens (primary N) is 1. The molecule has 3 rings (SSSR count). The lowest BCUT2D eigenvalue weighted by Crippen LogP contribution is -2.15. The molecular formula is C18H25N3.